The molecule has 11 nitrogen and oxygen atoms in total. The van der Waals surface area contributed by atoms with E-state index in [2.05, 4.69) is 20.1 Å². The molecule has 1 saturated heterocycles. The van der Waals surface area contributed by atoms with Crippen LogP contribution in [-0.4, -0.2) is 97.3 Å². The molecular weight excluding hydrogens is 488 g/mol. The summed E-state index contributed by atoms with van der Waals surface area (Å²) in [6.07, 6.45) is 0.0786. The number of hydrogen-bond donors (Lipinski definition) is 3. The summed E-state index contributed by atoms with van der Waals surface area (Å²) in [6.45, 7) is 11.3. The van der Waals surface area contributed by atoms with E-state index in [1.807, 2.05) is 0 Å². The van der Waals surface area contributed by atoms with Crippen LogP contribution in [0, 0.1) is 0 Å². The van der Waals surface area contributed by atoms with Gasteiger partial charge in [-0.1, -0.05) is 52.2 Å². The van der Waals surface area contributed by atoms with Gasteiger partial charge in [-0.15, -0.1) is 0 Å². The number of ether oxygens (including phenoxy) is 6. The fourth-order valence-electron chi connectivity index (χ4n) is 3.53. The number of carbonyl (C=O) groups excluding carboxylic acids is 2. The largest absolute Gasteiger partial charge is 0.460 e. The third kappa shape index (κ3) is 11.2. The van der Waals surface area contributed by atoms with Crippen LogP contribution < -0.4 is 0 Å². The third-order valence-corrected chi connectivity index (χ3v) is 5.57. The average molecular weight is 533 g/mol. The minimum absolute atomic E-state index is 0.0245. The van der Waals surface area contributed by atoms with Crippen LogP contribution in [0.5, 0.6) is 0 Å². The molecular formula is C26H44O11. The van der Waals surface area contributed by atoms with Crippen molar-refractivity contribution in [2.24, 2.45) is 0 Å². The van der Waals surface area contributed by atoms with Gasteiger partial charge in [-0.05, 0) is 20.3 Å². The maximum atomic E-state index is 12.5. The molecule has 0 spiro atoms. The van der Waals surface area contributed by atoms with Crippen LogP contribution in [0.25, 0.3) is 0 Å². The molecule has 11 heteroatoms. The van der Waals surface area contributed by atoms with Gasteiger partial charge in [0.25, 0.3) is 0 Å². The summed E-state index contributed by atoms with van der Waals surface area (Å²) >= 11 is 0. The van der Waals surface area contributed by atoms with Crippen molar-refractivity contribution in [1.29, 1.82) is 0 Å². The van der Waals surface area contributed by atoms with E-state index >= 15 is 0 Å². The second kappa shape index (κ2) is 17.6. The van der Waals surface area contributed by atoms with Crippen molar-refractivity contribution < 1.29 is 53.3 Å². The summed E-state index contributed by atoms with van der Waals surface area (Å²) in [4.78, 5) is 24.0. The predicted molar refractivity (Wildman–Crippen MR) is 133 cm³/mol. The number of unbranched alkanes of at least 4 members (excludes halogenated alkanes) is 5. The van der Waals surface area contributed by atoms with Gasteiger partial charge >= 0.3 is 17.9 Å². The summed E-state index contributed by atoms with van der Waals surface area (Å²) in [7, 11) is 0. The molecule has 5 atom stereocenters. The highest BCUT2D eigenvalue weighted by atomic mass is 16.9. The van der Waals surface area contributed by atoms with E-state index < -0.39 is 48.9 Å². The Labute approximate surface area is 219 Å². The lowest BCUT2D eigenvalue weighted by Gasteiger charge is -2.48. The lowest BCUT2D eigenvalue weighted by atomic mass is 9.97. The molecule has 0 aliphatic carbocycles. The fourth-order valence-corrected chi connectivity index (χ4v) is 3.53. The standard InChI is InChI=1S/C26H44O11/c1-6-7-8-9-10-11-13-35-26(37-25(31)19(4)5)23(33-14-12-27)22(29)21(28)20(36-26)17-32-15-16-34-24(30)18(2)3/h20-23,27-29H,2,4,6-17H2,1,3,5H3/t20-,21-,22+,23+,26+/m1/s1. The average Bonchev–Trinajstić information content (AvgIpc) is 2.85. The van der Waals surface area contributed by atoms with Crippen LogP contribution in [0.3, 0.4) is 0 Å². The molecule has 1 fully saturated rings. The van der Waals surface area contributed by atoms with Crippen LogP contribution in [0.4, 0.5) is 0 Å². The molecule has 0 bridgehead atoms. The number of hydrogen-bond acceptors (Lipinski definition) is 11. The fraction of sp³-hybridized carbons (Fsp3) is 0.769. The maximum absolute atomic E-state index is 12.5. The Kier molecular flexibility index (Phi) is 15.8. The van der Waals surface area contributed by atoms with Gasteiger partial charge in [0.1, 0.15) is 24.9 Å². The number of rotatable bonds is 19. The summed E-state index contributed by atoms with van der Waals surface area (Å²) < 4.78 is 33.4. The highest BCUT2D eigenvalue weighted by molar-refractivity contribution is 5.87. The van der Waals surface area contributed by atoms with Gasteiger partial charge in [0.05, 0.1) is 33.0 Å². The normalized spacial score (nSPS) is 25.5. The zero-order chi connectivity index (χ0) is 27.8. The quantitative estimate of drug-likeness (QED) is 0.0966. The first-order valence-electron chi connectivity index (χ1n) is 12.8. The molecule has 0 aromatic heterocycles. The van der Waals surface area contributed by atoms with E-state index in [4.69, 9.17) is 28.4 Å². The Hall–Kier alpha value is -1.86. The molecule has 0 aromatic rings. The second-order valence-corrected chi connectivity index (χ2v) is 9.03. The molecule has 0 unspecified atom stereocenters. The maximum Gasteiger partial charge on any atom is 0.360 e. The Morgan fingerprint density at radius 2 is 1.54 bits per heavy atom. The summed E-state index contributed by atoms with van der Waals surface area (Å²) in [5, 5.41) is 30.8. The lowest BCUT2D eigenvalue weighted by Crippen LogP contribution is -2.68. The Bertz CT molecular complexity index is 725. The van der Waals surface area contributed by atoms with E-state index in [-0.39, 0.29) is 44.2 Å². The van der Waals surface area contributed by atoms with Gasteiger partial charge in [0.15, 0.2) is 6.10 Å². The van der Waals surface area contributed by atoms with Crippen molar-refractivity contribution in [3.63, 3.8) is 0 Å². The molecule has 1 heterocycles. The van der Waals surface area contributed by atoms with Crippen molar-refractivity contribution in [2.75, 3.05) is 39.6 Å². The molecule has 0 radical (unpaired) electrons. The number of aliphatic hydroxyl groups excluding tert-OH is 3. The van der Waals surface area contributed by atoms with Crippen molar-refractivity contribution in [2.45, 2.75) is 89.7 Å². The topological polar surface area (TPSA) is 150 Å². The van der Waals surface area contributed by atoms with Gasteiger partial charge in [-0.25, -0.2) is 9.59 Å². The summed E-state index contributed by atoms with van der Waals surface area (Å²) in [6, 6.07) is 0. The third-order valence-electron chi connectivity index (χ3n) is 5.57. The van der Waals surface area contributed by atoms with E-state index in [9.17, 15) is 24.9 Å². The van der Waals surface area contributed by atoms with Crippen LogP contribution in [0.2, 0.25) is 0 Å². The SMILES string of the molecule is C=C(C)C(=O)OCCOC[C@H]1O[C@](OCCCCCCCC)(OC(=O)C(=C)C)[C@@H](OCCO)[C@@H](O)[C@@H]1O. The molecule has 1 aliphatic heterocycles. The zero-order valence-corrected chi connectivity index (χ0v) is 22.3. The van der Waals surface area contributed by atoms with Crippen molar-refractivity contribution >= 4 is 11.9 Å². The highest BCUT2D eigenvalue weighted by Crippen LogP contribution is 2.36. The first-order chi connectivity index (χ1) is 17.6. The van der Waals surface area contributed by atoms with Gasteiger partial charge in [-0.3, -0.25) is 0 Å². The molecule has 1 rings (SSSR count). The van der Waals surface area contributed by atoms with Crippen molar-refractivity contribution in [3.8, 4) is 0 Å². The monoisotopic (exact) mass is 532 g/mol. The Balaban J connectivity index is 2.99. The minimum atomic E-state index is -2.23. The van der Waals surface area contributed by atoms with Gasteiger partial charge in [0, 0.05) is 11.1 Å². The highest BCUT2D eigenvalue weighted by Gasteiger charge is 2.59. The smallest absolute Gasteiger partial charge is 0.360 e. The van der Waals surface area contributed by atoms with E-state index in [1.165, 1.54) is 13.8 Å². The number of carbonyl (C=O) groups is 2. The zero-order valence-electron chi connectivity index (χ0n) is 22.3. The second-order valence-electron chi connectivity index (χ2n) is 9.03. The molecule has 0 saturated carbocycles. The summed E-state index contributed by atoms with van der Waals surface area (Å²) in [5.74, 6) is -3.64. The van der Waals surface area contributed by atoms with Crippen LogP contribution in [0.15, 0.2) is 24.3 Å². The first-order valence-corrected chi connectivity index (χ1v) is 12.8. The van der Waals surface area contributed by atoms with Crippen LogP contribution in [-0.2, 0) is 38.0 Å². The van der Waals surface area contributed by atoms with Crippen LogP contribution >= 0.6 is 0 Å². The Morgan fingerprint density at radius 3 is 2.16 bits per heavy atom. The first kappa shape index (κ1) is 33.2. The van der Waals surface area contributed by atoms with E-state index in [0.717, 1.165) is 32.1 Å². The molecule has 0 amide bonds. The molecule has 37 heavy (non-hydrogen) atoms. The molecule has 1 aliphatic rings. The van der Waals surface area contributed by atoms with E-state index in [0.29, 0.717) is 6.42 Å². The number of aliphatic hydroxyl groups is 3. The van der Waals surface area contributed by atoms with Crippen LogP contribution in [0.1, 0.15) is 59.3 Å². The van der Waals surface area contributed by atoms with Gasteiger partial charge in [0.2, 0.25) is 0 Å². The predicted octanol–water partition coefficient (Wildman–Crippen LogP) is 1.77. The van der Waals surface area contributed by atoms with Gasteiger partial charge < -0.3 is 43.7 Å². The number of esters is 2. The van der Waals surface area contributed by atoms with Gasteiger partial charge in [-0.2, -0.15) is 0 Å². The van der Waals surface area contributed by atoms with Crippen molar-refractivity contribution in [1.82, 2.24) is 0 Å². The lowest BCUT2D eigenvalue weighted by molar-refractivity contribution is -0.452. The molecule has 3 N–H and O–H groups in total. The molecule has 0 aromatic carbocycles. The minimum Gasteiger partial charge on any atom is -0.460 e. The summed E-state index contributed by atoms with van der Waals surface area (Å²) in [5.41, 5.74) is 0.300. The molecule has 214 valence electrons. The Morgan fingerprint density at radius 1 is 0.892 bits per heavy atom. The van der Waals surface area contributed by atoms with Crippen molar-refractivity contribution in [3.05, 3.63) is 24.3 Å². The van der Waals surface area contributed by atoms with E-state index in [1.54, 1.807) is 0 Å².